The number of unbranched alkanes of at least 4 members (excludes halogenated alkanes) is 9. The van der Waals surface area contributed by atoms with E-state index in [1.807, 2.05) is 6.92 Å². The fourth-order valence-corrected chi connectivity index (χ4v) is 2.29. The minimum atomic E-state index is -0.0854. The Balaban J connectivity index is 1.69. The minimum Gasteiger partial charge on any atom is -0.371 e. The second-order valence-electron chi connectivity index (χ2n) is 5.91. The van der Waals surface area contributed by atoms with E-state index in [1.54, 1.807) is 0 Å². The fraction of sp³-hybridized carbons (Fsp3) is 1.00. The first kappa shape index (κ1) is 17.9. The molecule has 0 amide bonds. The summed E-state index contributed by atoms with van der Waals surface area (Å²) in [7, 11) is 0. The van der Waals surface area contributed by atoms with Crippen molar-refractivity contribution in [3.8, 4) is 0 Å². The van der Waals surface area contributed by atoms with E-state index in [0.29, 0.717) is 12.7 Å². The molecule has 2 unspecified atom stereocenters. The van der Waals surface area contributed by atoms with E-state index < -0.39 is 0 Å². The van der Waals surface area contributed by atoms with Crippen LogP contribution in [0.25, 0.3) is 0 Å². The van der Waals surface area contributed by atoms with Crippen LogP contribution in [0.3, 0.4) is 0 Å². The highest BCUT2D eigenvalue weighted by Crippen LogP contribution is 2.12. The van der Waals surface area contributed by atoms with Crippen molar-refractivity contribution in [1.82, 2.24) is 0 Å². The minimum absolute atomic E-state index is 0.0854. The lowest BCUT2D eigenvalue weighted by atomic mass is 10.1. The van der Waals surface area contributed by atoms with Crippen LogP contribution in [-0.2, 0) is 14.2 Å². The Morgan fingerprint density at radius 3 is 2.00 bits per heavy atom. The SMILES string of the molecule is CCCCCCCCCCCCOC(C)OCC1CO1. The van der Waals surface area contributed by atoms with Crippen molar-refractivity contribution >= 4 is 0 Å². The van der Waals surface area contributed by atoms with E-state index in [-0.39, 0.29) is 6.29 Å². The Labute approximate surface area is 125 Å². The van der Waals surface area contributed by atoms with Crippen molar-refractivity contribution in [3.05, 3.63) is 0 Å². The van der Waals surface area contributed by atoms with E-state index in [4.69, 9.17) is 14.2 Å². The molecule has 0 aromatic carbocycles. The zero-order chi connectivity index (χ0) is 14.5. The van der Waals surface area contributed by atoms with Gasteiger partial charge in [-0.15, -0.1) is 0 Å². The van der Waals surface area contributed by atoms with Crippen LogP contribution in [0.5, 0.6) is 0 Å². The molecule has 0 aliphatic carbocycles. The van der Waals surface area contributed by atoms with Crippen LogP contribution in [0.4, 0.5) is 0 Å². The molecule has 0 saturated carbocycles. The van der Waals surface area contributed by atoms with E-state index in [9.17, 15) is 0 Å². The molecular weight excluding hydrogens is 252 g/mol. The third-order valence-electron chi connectivity index (χ3n) is 3.77. The molecule has 0 radical (unpaired) electrons. The molecule has 0 spiro atoms. The number of epoxide rings is 1. The molecule has 0 N–H and O–H groups in total. The first-order chi connectivity index (χ1) is 9.83. The average molecular weight is 286 g/mol. The standard InChI is InChI=1S/C17H34O3/c1-3-4-5-6-7-8-9-10-11-12-13-18-16(2)19-14-17-15-20-17/h16-17H,3-15H2,1-2H3. The number of hydrogen-bond donors (Lipinski definition) is 0. The lowest BCUT2D eigenvalue weighted by molar-refractivity contribution is -0.133. The molecule has 3 nitrogen and oxygen atoms in total. The van der Waals surface area contributed by atoms with E-state index >= 15 is 0 Å². The van der Waals surface area contributed by atoms with Crippen LogP contribution in [0.2, 0.25) is 0 Å². The zero-order valence-electron chi connectivity index (χ0n) is 13.6. The van der Waals surface area contributed by atoms with Crippen LogP contribution in [0.1, 0.15) is 78.1 Å². The molecule has 1 saturated heterocycles. The summed E-state index contributed by atoms with van der Waals surface area (Å²) in [6.45, 7) is 6.60. The van der Waals surface area contributed by atoms with Gasteiger partial charge in [-0.2, -0.15) is 0 Å². The first-order valence-corrected chi connectivity index (χ1v) is 8.67. The Morgan fingerprint density at radius 2 is 1.45 bits per heavy atom. The normalized spacial score (nSPS) is 19.2. The van der Waals surface area contributed by atoms with E-state index in [1.165, 1.54) is 57.8 Å². The molecule has 1 fully saturated rings. The Bertz CT molecular complexity index is 204. The average Bonchev–Trinajstić information content (AvgIpc) is 3.27. The molecule has 120 valence electrons. The van der Waals surface area contributed by atoms with Gasteiger partial charge in [0.25, 0.3) is 0 Å². The second kappa shape index (κ2) is 12.6. The maximum atomic E-state index is 5.61. The summed E-state index contributed by atoms with van der Waals surface area (Å²) in [5.74, 6) is 0. The summed E-state index contributed by atoms with van der Waals surface area (Å²) in [5, 5.41) is 0. The lowest BCUT2D eigenvalue weighted by Gasteiger charge is -2.13. The van der Waals surface area contributed by atoms with Gasteiger partial charge in [0.15, 0.2) is 6.29 Å². The van der Waals surface area contributed by atoms with Gasteiger partial charge in [-0.25, -0.2) is 0 Å². The molecule has 1 aliphatic heterocycles. The third kappa shape index (κ3) is 11.7. The van der Waals surface area contributed by atoms with Crippen molar-refractivity contribution < 1.29 is 14.2 Å². The predicted octanol–water partition coefficient (Wildman–Crippen LogP) is 4.69. The van der Waals surface area contributed by atoms with Crippen molar-refractivity contribution in [3.63, 3.8) is 0 Å². The predicted molar refractivity (Wildman–Crippen MR) is 83.0 cm³/mol. The van der Waals surface area contributed by atoms with Gasteiger partial charge in [0.2, 0.25) is 0 Å². The van der Waals surface area contributed by atoms with E-state index in [2.05, 4.69) is 6.92 Å². The Kier molecular flexibility index (Phi) is 11.3. The van der Waals surface area contributed by atoms with Crippen LogP contribution in [-0.4, -0.2) is 32.2 Å². The van der Waals surface area contributed by atoms with Gasteiger partial charge < -0.3 is 14.2 Å². The van der Waals surface area contributed by atoms with Gasteiger partial charge in [-0.3, -0.25) is 0 Å². The van der Waals surface area contributed by atoms with Crippen molar-refractivity contribution in [2.45, 2.75) is 90.4 Å². The highest BCUT2D eigenvalue weighted by atomic mass is 16.7. The number of rotatable bonds is 15. The van der Waals surface area contributed by atoms with Crippen LogP contribution >= 0.6 is 0 Å². The van der Waals surface area contributed by atoms with E-state index in [0.717, 1.165) is 19.6 Å². The van der Waals surface area contributed by atoms with Crippen LogP contribution < -0.4 is 0 Å². The molecule has 1 heterocycles. The molecule has 1 aliphatic rings. The molecular formula is C17H34O3. The topological polar surface area (TPSA) is 31.0 Å². The third-order valence-corrected chi connectivity index (χ3v) is 3.77. The van der Waals surface area contributed by atoms with Gasteiger partial charge in [-0.1, -0.05) is 64.7 Å². The van der Waals surface area contributed by atoms with Crippen molar-refractivity contribution in [2.24, 2.45) is 0 Å². The van der Waals surface area contributed by atoms with Crippen molar-refractivity contribution in [1.29, 1.82) is 0 Å². The largest absolute Gasteiger partial charge is 0.371 e. The van der Waals surface area contributed by atoms with Crippen molar-refractivity contribution in [2.75, 3.05) is 19.8 Å². The Morgan fingerprint density at radius 1 is 0.900 bits per heavy atom. The summed E-state index contributed by atoms with van der Waals surface area (Å²) >= 11 is 0. The molecule has 2 atom stereocenters. The quantitative estimate of drug-likeness (QED) is 0.249. The van der Waals surface area contributed by atoms with Gasteiger partial charge in [0, 0.05) is 6.61 Å². The van der Waals surface area contributed by atoms with Crippen LogP contribution in [0.15, 0.2) is 0 Å². The summed E-state index contributed by atoms with van der Waals surface area (Å²) in [4.78, 5) is 0. The molecule has 0 bridgehead atoms. The first-order valence-electron chi connectivity index (χ1n) is 8.67. The maximum absolute atomic E-state index is 5.61. The summed E-state index contributed by atoms with van der Waals surface area (Å²) < 4.78 is 16.2. The highest BCUT2D eigenvalue weighted by molar-refractivity contribution is 4.67. The monoisotopic (exact) mass is 286 g/mol. The highest BCUT2D eigenvalue weighted by Gasteiger charge is 2.23. The molecule has 0 aromatic heterocycles. The van der Waals surface area contributed by atoms with Gasteiger partial charge >= 0.3 is 0 Å². The van der Waals surface area contributed by atoms with Gasteiger partial charge in [-0.05, 0) is 13.3 Å². The molecule has 3 heteroatoms. The molecule has 0 aromatic rings. The molecule has 1 rings (SSSR count). The van der Waals surface area contributed by atoms with Gasteiger partial charge in [0.1, 0.15) is 6.10 Å². The van der Waals surface area contributed by atoms with Crippen LogP contribution in [0, 0.1) is 0 Å². The summed E-state index contributed by atoms with van der Waals surface area (Å²) in [6, 6.07) is 0. The maximum Gasteiger partial charge on any atom is 0.154 e. The Hall–Kier alpha value is -0.120. The summed E-state index contributed by atoms with van der Waals surface area (Å²) in [6.07, 6.45) is 13.9. The lowest BCUT2D eigenvalue weighted by Crippen LogP contribution is -2.16. The summed E-state index contributed by atoms with van der Waals surface area (Å²) in [5.41, 5.74) is 0. The number of hydrogen-bond acceptors (Lipinski definition) is 3. The smallest absolute Gasteiger partial charge is 0.154 e. The fourth-order valence-electron chi connectivity index (χ4n) is 2.29. The second-order valence-corrected chi connectivity index (χ2v) is 5.91. The number of ether oxygens (including phenoxy) is 3. The molecule has 20 heavy (non-hydrogen) atoms. The van der Waals surface area contributed by atoms with Gasteiger partial charge in [0.05, 0.1) is 13.2 Å². The zero-order valence-corrected chi connectivity index (χ0v) is 13.6.